The van der Waals surface area contributed by atoms with Gasteiger partial charge in [0.1, 0.15) is 0 Å². The number of amides is 2. The lowest BCUT2D eigenvalue weighted by atomic mass is 9.96. The SMILES string of the molecule is O=C(Nc1nccs1)C1CCCN(C(=O)CCc2ccc(S(=O)(=O)N3CCCCC3)cc2)C1. The summed E-state index contributed by atoms with van der Waals surface area (Å²) in [7, 11) is -3.44. The molecule has 0 radical (unpaired) electrons. The Labute approximate surface area is 199 Å². The first-order valence-corrected chi connectivity index (χ1v) is 13.8. The fourth-order valence-electron chi connectivity index (χ4n) is 4.40. The van der Waals surface area contributed by atoms with Crippen molar-refractivity contribution >= 4 is 38.3 Å². The molecule has 1 N–H and O–H groups in total. The van der Waals surface area contributed by atoms with E-state index in [4.69, 9.17) is 0 Å². The molecule has 1 atom stereocenters. The van der Waals surface area contributed by atoms with Gasteiger partial charge in [-0.25, -0.2) is 13.4 Å². The Bertz CT molecular complexity index is 1050. The smallest absolute Gasteiger partial charge is 0.243 e. The first-order chi connectivity index (χ1) is 15.9. The summed E-state index contributed by atoms with van der Waals surface area (Å²) in [4.78, 5) is 31.4. The number of hydrogen-bond donors (Lipinski definition) is 1. The monoisotopic (exact) mass is 490 g/mol. The molecule has 2 amide bonds. The van der Waals surface area contributed by atoms with Crippen molar-refractivity contribution in [2.24, 2.45) is 5.92 Å². The van der Waals surface area contributed by atoms with Gasteiger partial charge in [0.05, 0.1) is 10.8 Å². The summed E-state index contributed by atoms with van der Waals surface area (Å²) >= 11 is 1.37. The molecule has 3 heterocycles. The number of rotatable bonds is 7. The van der Waals surface area contributed by atoms with Gasteiger partial charge in [0, 0.05) is 44.2 Å². The molecule has 10 heteroatoms. The Morgan fingerprint density at radius 3 is 2.52 bits per heavy atom. The average Bonchev–Trinajstić information content (AvgIpc) is 3.36. The number of nitrogens with zero attached hydrogens (tertiary/aromatic N) is 3. The molecule has 4 rings (SSSR count). The van der Waals surface area contributed by atoms with E-state index >= 15 is 0 Å². The molecule has 2 saturated heterocycles. The van der Waals surface area contributed by atoms with Gasteiger partial charge in [-0.3, -0.25) is 9.59 Å². The van der Waals surface area contributed by atoms with Crippen molar-refractivity contribution in [1.82, 2.24) is 14.2 Å². The lowest BCUT2D eigenvalue weighted by Crippen LogP contribution is -2.43. The molecule has 1 aromatic carbocycles. The number of anilines is 1. The highest BCUT2D eigenvalue weighted by Crippen LogP contribution is 2.23. The van der Waals surface area contributed by atoms with Gasteiger partial charge in [-0.05, 0) is 49.8 Å². The Morgan fingerprint density at radius 2 is 1.82 bits per heavy atom. The predicted octanol–water partition coefficient (Wildman–Crippen LogP) is 3.13. The van der Waals surface area contributed by atoms with Crippen molar-refractivity contribution in [2.45, 2.75) is 49.8 Å². The van der Waals surface area contributed by atoms with Crippen LogP contribution in [0, 0.1) is 5.92 Å². The fraction of sp³-hybridized carbons (Fsp3) is 0.522. The highest BCUT2D eigenvalue weighted by atomic mass is 32.2. The van der Waals surface area contributed by atoms with Crippen LogP contribution < -0.4 is 5.32 Å². The van der Waals surface area contributed by atoms with E-state index < -0.39 is 10.0 Å². The maximum atomic E-state index is 12.8. The van der Waals surface area contributed by atoms with Crippen LogP contribution in [0.15, 0.2) is 40.7 Å². The average molecular weight is 491 g/mol. The van der Waals surface area contributed by atoms with Gasteiger partial charge in [-0.15, -0.1) is 11.3 Å². The summed E-state index contributed by atoms with van der Waals surface area (Å²) in [5, 5.41) is 5.21. The topological polar surface area (TPSA) is 99.7 Å². The Hall–Kier alpha value is -2.30. The van der Waals surface area contributed by atoms with Crippen LogP contribution in [0.1, 0.15) is 44.1 Å². The summed E-state index contributed by atoms with van der Waals surface area (Å²) < 4.78 is 27.1. The molecular formula is C23H30N4O4S2. The van der Waals surface area contributed by atoms with E-state index in [0.717, 1.165) is 37.7 Å². The highest BCUT2D eigenvalue weighted by molar-refractivity contribution is 7.89. The number of carbonyl (C=O) groups is 2. The number of aromatic nitrogens is 1. The van der Waals surface area contributed by atoms with Crippen molar-refractivity contribution in [3.63, 3.8) is 0 Å². The summed E-state index contributed by atoms with van der Waals surface area (Å²) in [6, 6.07) is 6.88. The van der Waals surface area contributed by atoms with Crippen LogP contribution in [0.25, 0.3) is 0 Å². The zero-order chi connectivity index (χ0) is 23.3. The first-order valence-electron chi connectivity index (χ1n) is 11.5. The number of likely N-dealkylation sites (tertiary alicyclic amines) is 1. The molecule has 0 bridgehead atoms. The van der Waals surface area contributed by atoms with Crippen LogP contribution in [-0.2, 0) is 26.0 Å². The third kappa shape index (κ3) is 5.99. The van der Waals surface area contributed by atoms with Crippen LogP contribution >= 0.6 is 11.3 Å². The van der Waals surface area contributed by atoms with E-state index in [-0.39, 0.29) is 17.7 Å². The Kier molecular flexibility index (Phi) is 7.77. The molecule has 33 heavy (non-hydrogen) atoms. The molecule has 8 nitrogen and oxygen atoms in total. The molecule has 0 saturated carbocycles. The standard InChI is InChI=1S/C23H30N4O4S2/c28-21(26-13-4-5-19(17-26)22(29)25-23-24-12-16-32-23)11-8-18-6-9-20(10-7-18)33(30,31)27-14-2-1-3-15-27/h6-7,9-10,12,16,19H,1-5,8,11,13-15,17H2,(H,24,25,29). The molecule has 0 aliphatic carbocycles. The van der Waals surface area contributed by atoms with Crippen LogP contribution in [0.4, 0.5) is 5.13 Å². The quantitative estimate of drug-likeness (QED) is 0.643. The van der Waals surface area contributed by atoms with E-state index in [1.165, 1.54) is 11.3 Å². The van der Waals surface area contributed by atoms with E-state index in [9.17, 15) is 18.0 Å². The number of carbonyl (C=O) groups excluding carboxylic acids is 2. The summed E-state index contributed by atoms with van der Waals surface area (Å²) in [6.07, 6.45) is 6.96. The minimum Gasteiger partial charge on any atom is -0.342 e. The second-order valence-corrected chi connectivity index (χ2v) is 11.4. The number of nitrogens with one attached hydrogen (secondary N) is 1. The zero-order valence-electron chi connectivity index (χ0n) is 18.6. The van der Waals surface area contributed by atoms with E-state index in [2.05, 4.69) is 10.3 Å². The molecule has 2 fully saturated rings. The largest absolute Gasteiger partial charge is 0.342 e. The van der Waals surface area contributed by atoms with E-state index in [1.807, 2.05) is 5.38 Å². The van der Waals surface area contributed by atoms with Gasteiger partial charge in [0.15, 0.2) is 5.13 Å². The van der Waals surface area contributed by atoms with Gasteiger partial charge in [-0.2, -0.15) is 4.31 Å². The number of benzene rings is 1. The van der Waals surface area contributed by atoms with Gasteiger partial charge < -0.3 is 10.2 Å². The van der Waals surface area contributed by atoms with Crippen LogP contribution in [0.3, 0.4) is 0 Å². The number of piperidine rings is 2. The first kappa shape index (κ1) is 23.8. The van der Waals surface area contributed by atoms with E-state index in [1.54, 1.807) is 39.7 Å². The van der Waals surface area contributed by atoms with Crippen molar-refractivity contribution in [1.29, 1.82) is 0 Å². The van der Waals surface area contributed by atoms with Crippen LogP contribution in [0.5, 0.6) is 0 Å². The van der Waals surface area contributed by atoms with Crippen LogP contribution in [-0.4, -0.2) is 60.6 Å². The summed E-state index contributed by atoms with van der Waals surface area (Å²) in [6.45, 7) is 2.24. The molecule has 178 valence electrons. The second-order valence-electron chi connectivity index (χ2n) is 8.61. The van der Waals surface area contributed by atoms with Crippen molar-refractivity contribution in [3.05, 3.63) is 41.4 Å². The second kappa shape index (κ2) is 10.8. The number of hydrogen-bond acceptors (Lipinski definition) is 6. The Balaban J connectivity index is 1.28. The molecule has 1 unspecified atom stereocenters. The van der Waals surface area contributed by atoms with Gasteiger partial charge in [0.25, 0.3) is 0 Å². The van der Waals surface area contributed by atoms with E-state index in [0.29, 0.717) is 49.0 Å². The summed E-state index contributed by atoms with van der Waals surface area (Å²) in [5.41, 5.74) is 0.927. The molecular weight excluding hydrogens is 460 g/mol. The molecule has 0 spiro atoms. The third-order valence-electron chi connectivity index (χ3n) is 6.31. The van der Waals surface area contributed by atoms with Crippen LogP contribution in [0.2, 0.25) is 0 Å². The van der Waals surface area contributed by atoms with Crippen molar-refractivity contribution in [2.75, 3.05) is 31.5 Å². The van der Waals surface area contributed by atoms with Crippen molar-refractivity contribution < 1.29 is 18.0 Å². The fourth-order valence-corrected chi connectivity index (χ4v) is 6.45. The number of aryl methyl sites for hydroxylation is 1. The normalized spacial score (nSPS) is 19.9. The third-order valence-corrected chi connectivity index (χ3v) is 8.91. The number of thiazole rings is 1. The predicted molar refractivity (Wildman–Crippen MR) is 127 cm³/mol. The number of sulfonamides is 1. The minimum absolute atomic E-state index is 0.0202. The van der Waals surface area contributed by atoms with Gasteiger partial charge in [0.2, 0.25) is 21.8 Å². The minimum atomic E-state index is -3.44. The zero-order valence-corrected chi connectivity index (χ0v) is 20.2. The highest BCUT2D eigenvalue weighted by Gasteiger charge is 2.29. The maximum absolute atomic E-state index is 12.8. The molecule has 2 aliphatic rings. The Morgan fingerprint density at radius 1 is 1.06 bits per heavy atom. The molecule has 1 aromatic heterocycles. The van der Waals surface area contributed by atoms with Gasteiger partial charge >= 0.3 is 0 Å². The van der Waals surface area contributed by atoms with Gasteiger partial charge in [-0.1, -0.05) is 18.6 Å². The maximum Gasteiger partial charge on any atom is 0.243 e. The lowest BCUT2D eigenvalue weighted by Gasteiger charge is -2.32. The van der Waals surface area contributed by atoms with Crippen molar-refractivity contribution in [3.8, 4) is 0 Å². The molecule has 2 aromatic rings. The molecule has 2 aliphatic heterocycles. The lowest BCUT2D eigenvalue weighted by molar-refractivity contribution is -0.134. The summed E-state index contributed by atoms with van der Waals surface area (Å²) in [5.74, 6) is -0.300.